The Hall–Kier alpha value is -3.22. The van der Waals surface area contributed by atoms with Gasteiger partial charge in [-0.2, -0.15) is 0 Å². The summed E-state index contributed by atoms with van der Waals surface area (Å²) in [5.74, 6) is -0.350. The molecule has 7 heteroatoms. The van der Waals surface area contributed by atoms with Crippen molar-refractivity contribution in [2.24, 2.45) is 0 Å². The molecule has 0 heterocycles. The zero-order chi connectivity index (χ0) is 16.8. The molecule has 0 bridgehead atoms. The number of hydrazine groups is 1. The Morgan fingerprint density at radius 2 is 1.43 bits per heavy atom. The van der Waals surface area contributed by atoms with Gasteiger partial charge in [0.2, 0.25) is 0 Å². The maximum absolute atomic E-state index is 12.0. The number of aromatic hydroxyl groups is 1. The molecule has 0 radical (unpaired) electrons. The van der Waals surface area contributed by atoms with E-state index in [1.165, 1.54) is 32.4 Å². The van der Waals surface area contributed by atoms with E-state index >= 15 is 0 Å². The Kier molecular flexibility index (Phi) is 5.03. The van der Waals surface area contributed by atoms with Gasteiger partial charge in [0.05, 0.1) is 19.8 Å². The molecule has 0 fully saturated rings. The van der Waals surface area contributed by atoms with E-state index in [0.29, 0.717) is 17.1 Å². The zero-order valence-electron chi connectivity index (χ0n) is 12.6. The number of carbonyl (C=O) groups excluding carboxylic acids is 2. The van der Waals surface area contributed by atoms with Gasteiger partial charge in [-0.25, -0.2) is 0 Å². The zero-order valence-corrected chi connectivity index (χ0v) is 12.6. The first kappa shape index (κ1) is 16.2. The van der Waals surface area contributed by atoms with Crippen LogP contribution in [0.5, 0.6) is 17.2 Å². The van der Waals surface area contributed by atoms with E-state index in [2.05, 4.69) is 10.9 Å². The van der Waals surface area contributed by atoms with Crippen LogP contribution in [0.25, 0.3) is 0 Å². The van der Waals surface area contributed by atoms with Gasteiger partial charge in [-0.15, -0.1) is 0 Å². The molecule has 2 rings (SSSR count). The van der Waals surface area contributed by atoms with Crippen molar-refractivity contribution in [3.8, 4) is 17.2 Å². The lowest BCUT2D eigenvalue weighted by molar-refractivity contribution is 0.0845. The van der Waals surface area contributed by atoms with E-state index in [9.17, 15) is 14.7 Å². The lowest BCUT2D eigenvalue weighted by Crippen LogP contribution is -2.41. The molecule has 0 aliphatic carbocycles. The number of phenolic OH excluding ortho intramolecular Hbond substituents is 1. The number of methoxy groups -OCH3 is 2. The molecule has 120 valence electrons. The number of hydrogen-bond donors (Lipinski definition) is 3. The number of amides is 2. The second-order valence-electron chi connectivity index (χ2n) is 4.52. The third kappa shape index (κ3) is 3.91. The number of rotatable bonds is 4. The predicted molar refractivity (Wildman–Crippen MR) is 82.6 cm³/mol. The molecule has 7 nitrogen and oxygen atoms in total. The maximum Gasteiger partial charge on any atom is 0.273 e. The fourth-order valence-electron chi connectivity index (χ4n) is 1.83. The first-order valence-electron chi connectivity index (χ1n) is 6.67. The number of hydrogen-bond acceptors (Lipinski definition) is 5. The van der Waals surface area contributed by atoms with Crippen LogP contribution in [0.1, 0.15) is 20.7 Å². The standard InChI is InChI=1S/C16H16N2O5/c1-22-11-5-3-10(4-6-11)15(20)17-18-16(21)13-8-7-12(23-2)9-14(13)19/h3-9,19H,1-2H3,(H,17,20)(H,18,21). The molecular formula is C16H16N2O5. The van der Waals surface area contributed by atoms with Gasteiger partial charge in [0.25, 0.3) is 11.8 Å². The summed E-state index contributed by atoms with van der Waals surface area (Å²) in [4.78, 5) is 23.9. The number of benzene rings is 2. The van der Waals surface area contributed by atoms with Gasteiger partial charge >= 0.3 is 0 Å². The Balaban J connectivity index is 1.99. The van der Waals surface area contributed by atoms with Gasteiger partial charge in [-0.3, -0.25) is 20.4 Å². The van der Waals surface area contributed by atoms with Crippen molar-refractivity contribution >= 4 is 11.8 Å². The quantitative estimate of drug-likeness (QED) is 0.743. The van der Waals surface area contributed by atoms with Crippen LogP contribution in [0.15, 0.2) is 42.5 Å². The third-order valence-corrected chi connectivity index (χ3v) is 3.09. The van der Waals surface area contributed by atoms with E-state index in [1.807, 2.05) is 0 Å². The van der Waals surface area contributed by atoms with Crippen LogP contribution in [0.2, 0.25) is 0 Å². The van der Waals surface area contributed by atoms with Crippen molar-refractivity contribution in [1.82, 2.24) is 10.9 Å². The Bertz CT molecular complexity index is 713. The average molecular weight is 316 g/mol. The molecule has 0 aliphatic rings. The van der Waals surface area contributed by atoms with Crippen LogP contribution in [-0.2, 0) is 0 Å². The van der Waals surface area contributed by atoms with E-state index in [4.69, 9.17) is 9.47 Å². The van der Waals surface area contributed by atoms with Gasteiger partial charge in [0.15, 0.2) is 0 Å². The summed E-state index contributed by atoms with van der Waals surface area (Å²) in [6, 6.07) is 10.6. The molecule has 3 N–H and O–H groups in total. The Morgan fingerprint density at radius 3 is 2.00 bits per heavy atom. The molecule has 0 spiro atoms. The van der Waals surface area contributed by atoms with Gasteiger partial charge < -0.3 is 14.6 Å². The van der Waals surface area contributed by atoms with Crippen molar-refractivity contribution in [3.63, 3.8) is 0 Å². The highest BCUT2D eigenvalue weighted by molar-refractivity contribution is 6.00. The summed E-state index contributed by atoms with van der Waals surface area (Å²) in [5.41, 5.74) is 4.87. The van der Waals surface area contributed by atoms with Crippen LogP contribution in [0.3, 0.4) is 0 Å². The summed E-state index contributed by atoms with van der Waals surface area (Å²) in [7, 11) is 2.97. The molecule has 0 saturated heterocycles. The summed E-state index contributed by atoms with van der Waals surface area (Å²) >= 11 is 0. The van der Waals surface area contributed by atoms with E-state index in [-0.39, 0.29) is 11.3 Å². The van der Waals surface area contributed by atoms with Crippen LogP contribution in [0, 0.1) is 0 Å². The second-order valence-corrected chi connectivity index (χ2v) is 4.52. The number of phenols is 1. The van der Waals surface area contributed by atoms with E-state index < -0.39 is 11.8 Å². The SMILES string of the molecule is COc1ccc(C(=O)NNC(=O)c2ccc(OC)cc2O)cc1. The van der Waals surface area contributed by atoms with Crippen molar-refractivity contribution in [2.45, 2.75) is 0 Å². The molecular weight excluding hydrogens is 300 g/mol. The molecule has 0 atom stereocenters. The summed E-state index contributed by atoms with van der Waals surface area (Å²) in [6.07, 6.45) is 0. The number of carbonyl (C=O) groups is 2. The fourth-order valence-corrected chi connectivity index (χ4v) is 1.83. The minimum atomic E-state index is -0.646. The Morgan fingerprint density at radius 1 is 0.870 bits per heavy atom. The van der Waals surface area contributed by atoms with Crippen molar-refractivity contribution in [1.29, 1.82) is 0 Å². The lowest BCUT2D eigenvalue weighted by Gasteiger charge is -2.09. The maximum atomic E-state index is 12.0. The summed E-state index contributed by atoms with van der Waals surface area (Å²) < 4.78 is 9.93. The highest BCUT2D eigenvalue weighted by Gasteiger charge is 2.13. The van der Waals surface area contributed by atoms with Gasteiger partial charge in [-0.05, 0) is 36.4 Å². The second kappa shape index (κ2) is 7.17. The smallest absolute Gasteiger partial charge is 0.273 e. The number of nitrogens with one attached hydrogen (secondary N) is 2. The average Bonchev–Trinajstić information content (AvgIpc) is 2.59. The highest BCUT2D eigenvalue weighted by atomic mass is 16.5. The molecule has 0 saturated carbocycles. The van der Waals surface area contributed by atoms with Crippen molar-refractivity contribution < 1.29 is 24.2 Å². The Labute approximate surface area is 132 Å². The lowest BCUT2D eigenvalue weighted by atomic mass is 10.2. The minimum absolute atomic E-state index is 0.0147. The van der Waals surface area contributed by atoms with E-state index in [1.54, 1.807) is 24.3 Å². The largest absolute Gasteiger partial charge is 0.507 e. The van der Waals surface area contributed by atoms with Gasteiger partial charge in [-0.1, -0.05) is 0 Å². The monoisotopic (exact) mass is 316 g/mol. The molecule has 2 aromatic carbocycles. The topological polar surface area (TPSA) is 96.9 Å². The van der Waals surface area contributed by atoms with Crippen LogP contribution < -0.4 is 20.3 Å². The van der Waals surface area contributed by atoms with Crippen molar-refractivity contribution in [2.75, 3.05) is 14.2 Å². The van der Waals surface area contributed by atoms with E-state index in [0.717, 1.165) is 0 Å². The highest BCUT2D eigenvalue weighted by Crippen LogP contribution is 2.23. The van der Waals surface area contributed by atoms with Crippen LogP contribution in [-0.4, -0.2) is 31.1 Å². The first-order valence-corrected chi connectivity index (χ1v) is 6.67. The first-order chi connectivity index (χ1) is 11.0. The normalized spacial score (nSPS) is 9.83. The molecule has 23 heavy (non-hydrogen) atoms. The predicted octanol–water partition coefficient (Wildman–Crippen LogP) is 1.48. The molecule has 2 aromatic rings. The molecule has 0 unspecified atom stereocenters. The molecule has 2 amide bonds. The number of ether oxygens (including phenoxy) is 2. The van der Waals surface area contributed by atoms with Crippen molar-refractivity contribution in [3.05, 3.63) is 53.6 Å². The minimum Gasteiger partial charge on any atom is -0.507 e. The molecule has 0 aliphatic heterocycles. The fraction of sp³-hybridized carbons (Fsp3) is 0.125. The van der Waals surface area contributed by atoms with Gasteiger partial charge in [0, 0.05) is 11.6 Å². The summed E-state index contributed by atoms with van der Waals surface area (Å²) in [5, 5.41) is 9.77. The molecule has 0 aromatic heterocycles. The summed E-state index contributed by atoms with van der Waals surface area (Å²) in [6.45, 7) is 0. The van der Waals surface area contributed by atoms with Gasteiger partial charge in [0.1, 0.15) is 17.2 Å². The third-order valence-electron chi connectivity index (χ3n) is 3.09. The van der Waals surface area contributed by atoms with Crippen LogP contribution in [0.4, 0.5) is 0 Å². The van der Waals surface area contributed by atoms with Crippen LogP contribution >= 0.6 is 0 Å².